The van der Waals surface area contributed by atoms with E-state index in [0.717, 1.165) is 19.3 Å². The number of hydrogen-bond donors (Lipinski definition) is 1. The number of carbonyl (C=O) groups is 1. The maximum atomic E-state index is 12.8. The van der Waals surface area contributed by atoms with Gasteiger partial charge in [0.05, 0.1) is 10.8 Å². The first-order chi connectivity index (χ1) is 13.5. The Morgan fingerprint density at radius 2 is 1.75 bits per heavy atom. The summed E-state index contributed by atoms with van der Waals surface area (Å²) in [6, 6.07) is 18.7. The SMILES string of the molecule is C[C@H](CCc1ccccc1)NC(=O)[C@@H]1CCCN(S(=O)(=O)c2ccccc2)C1. The van der Waals surface area contributed by atoms with Gasteiger partial charge in [0.25, 0.3) is 0 Å². The fraction of sp³-hybridized carbons (Fsp3) is 0.409. The summed E-state index contributed by atoms with van der Waals surface area (Å²) in [5, 5.41) is 3.07. The molecule has 0 aliphatic carbocycles. The smallest absolute Gasteiger partial charge is 0.243 e. The summed E-state index contributed by atoms with van der Waals surface area (Å²) in [6.45, 7) is 2.71. The second-order valence-corrected chi connectivity index (χ2v) is 9.39. The second-order valence-electron chi connectivity index (χ2n) is 7.45. The molecule has 0 bridgehead atoms. The number of piperidine rings is 1. The Morgan fingerprint density at radius 3 is 2.43 bits per heavy atom. The summed E-state index contributed by atoms with van der Waals surface area (Å²) in [4.78, 5) is 13.0. The van der Waals surface area contributed by atoms with E-state index in [0.29, 0.717) is 13.0 Å². The van der Waals surface area contributed by atoms with Gasteiger partial charge in [-0.05, 0) is 50.3 Å². The molecule has 28 heavy (non-hydrogen) atoms. The fourth-order valence-corrected chi connectivity index (χ4v) is 5.12. The van der Waals surface area contributed by atoms with Gasteiger partial charge in [-0.15, -0.1) is 0 Å². The average Bonchev–Trinajstić information content (AvgIpc) is 2.73. The summed E-state index contributed by atoms with van der Waals surface area (Å²) in [6.07, 6.45) is 3.18. The highest BCUT2D eigenvalue weighted by atomic mass is 32.2. The Morgan fingerprint density at radius 1 is 1.11 bits per heavy atom. The van der Waals surface area contributed by atoms with Crippen LogP contribution in [0, 0.1) is 5.92 Å². The maximum Gasteiger partial charge on any atom is 0.243 e. The Bertz CT molecular complexity index is 869. The number of benzene rings is 2. The molecule has 0 unspecified atom stereocenters. The van der Waals surface area contributed by atoms with Crippen molar-refractivity contribution in [1.82, 2.24) is 9.62 Å². The van der Waals surface area contributed by atoms with Gasteiger partial charge < -0.3 is 5.32 Å². The van der Waals surface area contributed by atoms with Crippen molar-refractivity contribution >= 4 is 15.9 Å². The topological polar surface area (TPSA) is 66.5 Å². The van der Waals surface area contributed by atoms with E-state index in [1.165, 1.54) is 9.87 Å². The van der Waals surface area contributed by atoms with Crippen molar-refractivity contribution in [2.24, 2.45) is 5.92 Å². The molecule has 0 saturated carbocycles. The third-order valence-corrected chi connectivity index (χ3v) is 7.11. The third kappa shape index (κ3) is 5.20. The minimum Gasteiger partial charge on any atom is -0.353 e. The molecule has 0 aromatic heterocycles. The lowest BCUT2D eigenvalue weighted by Gasteiger charge is -2.31. The van der Waals surface area contributed by atoms with Gasteiger partial charge >= 0.3 is 0 Å². The quantitative estimate of drug-likeness (QED) is 0.776. The van der Waals surface area contributed by atoms with E-state index < -0.39 is 10.0 Å². The molecule has 2 aromatic carbocycles. The third-order valence-electron chi connectivity index (χ3n) is 5.23. The molecule has 0 radical (unpaired) electrons. The lowest BCUT2D eigenvalue weighted by atomic mass is 9.98. The highest BCUT2D eigenvalue weighted by molar-refractivity contribution is 7.89. The molecule has 2 atom stereocenters. The van der Waals surface area contributed by atoms with Crippen LogP contribution in [-0.4, -0.2) is 37.8 Å². The first-order valence-electron chi connectivity index (χ1n) is 9.86. The van der Waals surface area contributed by atoms with Gasteiger partial charge in [0.2, 0.25) is 15.9 Å². The highest BCUT2D eigenvalue weighted by Gasteiger charge is 2.33. The molecule has 0 spiro atoms. The summed E-state index contributed by atoms with van der Waals surface area (Å²) >= 11 is 0. The van der Waals surface area contributed by atoms with E-state index >= 15 is 0 Å². The molecule has 1 saturated heterocycles. The monoisotopic (exact) mass is 400 g/mol. The number of nitrogens with one attached hydrogen (secondary N) is 1. The van der Waals surface area contributed by atoms with Crippen LogP contribution < -0.4 is 5.32 Å². The number of hydrogen-bond acceptors (Lipinski definition) is 3. The lowest BCUT2D eigenvalue weighted by molar-refractivity contribution is -0.126. The average molecular weight is 401 g/mol. The molecule has 1 aliphatic rings. The van der Waals surface area contributed by atoms with Crippen molar-refractivity contribution in [1.29, 1.82) is 0 Å². The van der Waals surface area contributed by atoms with Gasteiger partial charge in [-0.1, -0.05) is 48.5 Å². The Balaban J connectivity index is 1.55. The van der Waals surface area contributed by atoms with E-state index in [1.807, 2.05) is 25.1 Å². The molecule has 1 amide bonds. The Kier molecular flexibility index (Phi) is 6.86. The summed E-state index contributed by atoms with van der Waals surface area (Å²) in [5.74, 6) is -0.347. The predicted molar refractivity (Wildman–Crippen MR) is 110 cm³/mol. The standard InChI is InChI=1S/C22H28N2O3S/c1-18(14-15-19-9-4-2-5-10-19)23-22(25)20-11-8-16-24(17-20)28(26,27)21-12-6-3-7-13-21/h2-7,9-10,12-13,18,20H,8,11,14-17H2,1H3,(H,23,25)/t18-,20-/m1/s1. The molecule has 5 nitrogen and oxygen atoms in total. The van der Waals surface area contributed by atoms with Crippen LogP contribution in [0.2, 0.25) is 0 Å². The molecule has 1 aliphatic heterocycles. The van der Waals surface area contributed by atoms with Crippen molar-refractivity contribution in [3.05, 3.63) is 66.2 Å². The van der Waals surface area contributed by atoms with Crippen molar-refractivity contribution in [3.8, 4) is 0 Å². The zero-order valence-electron chi connectivity index (χ0n) is 16.3. The van der Waals surface area contributed by atoms with Gasteiger partial charge in [0, 0.05) is 19.1 Å². The normalized spacial score (nSPS) is 19.1. The molecule has 6 heteroatoms. The van der Waals surface area contributed by atoms with Crippen LogP contribution in [0.4, 0.5) is 0 Å². The van der Waals surface area contributed by atoms with Gasteiger partial charge in [0.15, 0.2) is 0 Å². The summed E-state index contributed by atoms with van der Waals surface area (Å²) in [5.41, 5.74) is 1.25. The van der Waals surface area contributed by atoms with Gasteiger partial charge in [0.1, 0.15) is 0 Å². The Hall–Kier alpha value is -2.18. The molecule has 150 valence electrons. The predicted octanol–water partition coefficient (Wildman–Crippen LogP) is 3.22. The van der Waals surface area contributed by atoms with Crippen molar-refractivity contribution in [3.63, 3.8) is 0 Å². The lowest BCUT2D eigenvalue weighted by Crippen LogP contribution is -2.47. The Labute approximate surface area is 167 Å². The van der Waals surface area contributed by atoms with E-state index in [1.54, 1.807) is 30.3 Å². The minimum atomic E-state index is -3.55. The molecular formula is C22H28N2O3S. The zero-order chi connectivity index (χ0) is 20.0. The number of nitrogens with zero attached hydrogens (tertiary/aromatic N) is 1. The van der Waals surface area contributed by atoms with Crippen LogP contribution in [0.25, 0.3) is 0 Å². The second kappa shape index (κ2) is 9.34. The van der Waals surface area contributed by atoms with Gasteiger partial charge in [-0.3, -0.25) is 4.79 Å². The summed E-state index contributed by atoms with van der Waals surface area (Å²) in [7, 11) is -3.55. The van der Waals surface area contributed by atoms with Gasteiger partial charge in [-0.2, -0.15) is 4.31 Å². The fourth-order valence-electron chi connectivity index (χ4n) is 3.58. The van der Waals surface area contributed by atoms with Crippen molar-refractivity contribution in [2.75, 3.05) is 13.1 Å². The first kappa shape index (κ1) is 20.6. The van der Waals surface area contributed by atoms with E-state index in [2.05, 4.69) is 17.4 Å². The van der Waals surface area contributed by atoms with Crippen molar-refractivity contribution < 1.29 is 13.2 Å². The van der Waals surface area contributed by atoms with Crippen LogP contribution in [0.15, 0.2) is 65.6 Å². The molecule has 1 N–H and O–H groups in total. The number of aryl methyl sites for hydroxylation is 1. The highest BCUT2D eigenvalue weighted by Crippen LogP contribution is 2.24. The van der Waals surface area contributed by atoms with E-state index in [-0.39, 0.29) is 29.3 Å². The van der Waals surface area contributed by atoms with Crippen LogP contribution >= 0.6 is 0 Å². The number of rotatable bonds is 7. The summed E-state index contributed by atoms with van der Waals surface area (Å²) < 4.78 is 27.1. The largest absolute Gasteiger partial charge is 0.353 e. The van der Waals surface area contributed by atoms with Crippen LogP contribution in [0.5, 0.6) is 0 Å². The molecule has 1 fully saturated rings. The van der Waals surface area contributed by atoms with Crippen LogP contribution in [0.1, 0.15) is 31.7 Å². The number of amides is 1. The van der Waals surface area contributed by atoms with Gasteiger partial charge in [-0.25, -0.2) is 8.42 Å². The number of carbonyl (C=O) groups excluding carboxylic acids is 1. The van der Waals surface area contributed by atoms with Crippen LogP contribution in [0.3, 0.4) is 0 Å². The number of sulfonamides is 1. The van der Waals surface area contributed by atoms with Crippen LogP contribution in [-0.2, 0) is 21.2 Å². The van der Waals surface area contributed by atoms with E-state index in [9.17, 15) is 13.2 Å². The molecule has 3 rings (SSSR count). The zero-order valence-corrected chi connectivity index (χ0v) is 17.1. The first-order valence-corrected chi connectivity index (χ1v) is 11.3. The molecular weight excluding hydrogens is 372 g/mol. The maximum absolute atomic E-state index is 12.8. The molecule has 2 aromatic rings. The molecule has 1 heterocycles. The van der Waals surface area contributed by atoms with E-state index in [4.69, 9.17) is 0 Å². The van der Waals surface area contributed by atoms with Crippen molar-refractivity contribution in [2.45, 2.75) is 43.5 Å². The minimum absolute atomic E-state index is 0.0477.